The van der Waals surface area contributed by atoms with Gasteiger partial charge in [0.05, 0.1) is 23.9 Å². The monoisotopic (exact) mass is 515 g/mol. The molecule has 3 atom stereocenters. The molecule has 0 amide bonds. The molecule has 0 saturated carbocycles. The Morgan fingerprint density at radius 3 is 2.77 bits per heavy atom. The van der Waals surface area contributed by atoms with E-state index in [1.807, 2.05) is 31.3 Å². The van der Waals surface area contributed by atoms with Crippen LogP contribution in [0.2, 0.25) is 5.02 Å². The number of rotatable bonds is 6. The van der Waals surface area contributed by atoms with Crippen molar-refractivity contribution < 1.29 is 9.47 Å². The van der Waals surface area contributed by atoms with Gasteiger partial charge in [-0.2, -0.15) is 0 Å². The number of aromatic nitrogens is 4. The number of ether oxygens (including phenoxy) is 2. The van der Waals surface area contributed by atoms with Gasteiger partial charge in [-0.1, -0.05) is 23.4 Å². The molecule has 186 valence electrons. The van der Waals surface area contributed by atoms with E-state index >= 15 is 0 Å². The van der Waals surface area contributed by atoms with Gasteiger partial charge in [0, 0.05) is 42.7 Å². The van der Waals surface area contributed by atoms with E-state index in [-0.39, 0.29) is 23.8 Å². The highest BCUT2D eigenvalue weighted by atomic mass is 35.5. The number of fused-ring (bicyclic) bond motifs is 1. The minimum atomic E-state index is -0.208. The van der Waals surface area contributed by atoms with Gasteiger partial charge >= 0.3 is 0 Å². The topological polar surface area (TPSA) is 111 Å². The zero-order valence-corrected chi connectivity index (χ0v) is 21.6. The number of pyridine rings is 2. The van der Waals surface area contributed by atoms with Crippen LogP contribution in [0.15, 0.2) is 40.5 Å². The van der Waals surface area contributed by atoms with E-state index in [9.17, 15) is 0 Å². The number of piperidine rings is 1. The van der Waals surface area contributed by atoms with Crippen molar-refractivity contribution in [2.75, 3.05) is 37.0 Å². The van der Waals surface area contributed by atoms with Crippen molar-refractivity contribution >= 4 is 46.2 Å². The first kappa shape index (κ1) is 24.5. The van der Waals surface area contributed by atoms with Gasteiger partial charge in [0.25, 0.3) is 0 Å². The minimum Gasteiger partial charge on any atom is -0.376 e. The van der Waals surface area contributed by atoms with Crippen LogP contribution in [-0.2, 0) is 9.47 Å². The molecule has 5 heterocycles. The summed E-state index contributed by atoms with van der Waals surface area (Å²) in [5.74, 6) is 1.44. The highest BCUT2D eigenvalue weighted by Crippen LogP contribution is 2.42. The van der Waals surface area contributed by atoms with E-state index in [4.69, 9.17) is 36.8 Å². The van der Waals surface area contributed by atoms with Gasteiger partial charge in [-0.3, -0.25) is 0 Å². The molecule has 5 rings (SSSR count). The van der Waals surface area contributed by atoms with Gasteiger partial charge in [-0.15, -0.1) is 0 Å². The maximum absolute atomic E-state index is 6.57. The quantitative estimate of drug-likeness (QED) is 0.468. The number of halogens is 1. The summed E-state index contributed by atoms with van der Waals surface area (Å²) in [7, 11) is 1.62. The standard InChI is InChI=1S/C24H30ClN7O2S/c1-14-21(26)24(13-34-14)7-10-32(11-8-24)18-12-28-22-16(30-18)4-5-19(31-22)35-17-6-9-27-23(20(17)25)29-15(2)33-3/h4-6,9,12,14-15,21H,7-8,10-11,13,26H2,1-3H3,(H,27,29)/t14-,15?,21+/m0/s1. The lowest BCUT2D eigenvalue weighted by Gasteiger charge is -2.41. The number of hydrogen-bond acceptors (Lipinski definition) is 10. The third kappa shape index (κ3) is 4.90. The van der Waals surface area contributed by atoms with E-state index in [1.165, 1.54) is 11.8 Å². The SMILES string of the molecule is COC(C)Nc1nccc(Sc2ccc3nc(N4CCC5(CC4)CO[C@@H](C)[C@H]5N)cnc3n2)c1Cl. The van der Waals surface area contributed by atoms with Crippen LogP contribution >= 0.6 is 23.4 Å². The van der Waals surface area contributed by atoms with Crippen LogP contribution < -0.4 is 16.0 Å². The predicted molar refractivity (Wildman–Crippen MR) is 138 cm³/mol. The Morgan fingerprint density at radius 1 is 1.26 bits per heavy atom. The zero-order valence-electron chi connectivity index (χ0n) is 20.1. The van der Waals surface area contributed by atoms with Crippen LogP contribution in [0.4, 0.5) is 11.6 Å². The number of hydrogen-bond donors (Lipinski definition) is 2. The number of anilines is 2. The summed E-state index contributed by atoms with van der Waals surface area (Å²) < 4.78 is 11.1. The molecule has 35 heavy (non-hydrogen) atoms. The summed E-state index contributed by atoms with van der Waals surface area (Å²) >= 11 is 8.02. The summed E-state index contributed by atoms with van der Waals surface area (Å²) in [6.07, 6.45) is 5.43. The van der Waals surface area contributed by atoms with Crippen molar-refractivity contribution in [1.82, 2.24) is 19.9 Å². The van der Waals surface area contributed by atoms with Gasteiger partial charge in [0.15, 0.2) is 5.65 Å². The fourth-order valence-electron chi connectivity index (χ4n) is 4.71. The molecule has 2 aliphatic rings. The first-order valence-corrected chi connectivity index (χ1v) is 13.0. The molecule has 1 unspecified atom stereocenters. The second-order valence-electron chi connectivity index (χ2n) is 9.21. The second kappa shape index (κ2) is 10.0. The molecule has 0 aromatic carbocycles. The Balaban J connectivity index is 1.29. The Bertz CT molecular complexity index is 1210. The fourth-order valence-corrected chi connectivity index (χ4v) is 5.80. The molecule has 9 nitrogen and oxygen atoms in total. The van der Waals surface area contributed by atoms with Gasteiger partial charge in [0.1, 0.15) is 28.4 Å². The molecule has 11 heteroatoms. The molecule has 1 spiro atoms. The number of methoxy groups -OCH3 is 1. The maximum atomic E-state index is 6.57. The summed E-state index contributed by atoms with van der Waals surface area (Å²) in [6, 6.07) is 5.85. The normalized spacial score (nSPS) is 22.6. The fraction of sp³-hybridized carbons (Fsp3) is 0.500. The van der Waals surface area contributed by atoms with Crippen molar-refractivity contribution in [2.24, 2.45) is 11.1 Å². The Morgan fingerprint density at radius 2 is 2.06 bits per heavy atom. The van der Waals surface area contributed by atoms with E-state index in [0.717, 1.165) is 53.8 Å². The molecule has 3 aromatic heterocycles. The van der Waals surface area contributed by atoms with E-state index in [0.29, 0.717) is 16.5 Å². The predicted octanol–water partition coefficient (Wildman–Crippen LogP) is 3.96. The molecular formula is C24H30ClN7O2S. The average Bonchev–Trinajstić information content (AvgIpc) is 3.15. The highest BCUT2D eigenvalue weighted by molar-refractivity contribution is 7.99. The Hall–Kier alpha value is -2.24. The van der Waals surface area contributed by atoms with Crippen molar-refractivity contribution in [3.63, 3.8) is 0 Å². The van der Waals surface area contributed by atoms with Crippen LogP contribution in [0.3, 0.4) is 0 Å². The number of nitrogens with one attached hydrogen (secondary N) is 1. The molecule has 2 saturated heterocycles. The number of nitrogens with zero attached hydrogens (tertiary/aromatic N) is 5. The van der Waals surface area contributed by atoms with Gasteiger partial charge in [-0.05, 0) is 44.9 Å². The first-order chi connectivity index (χ1) is 16.9. The Kier molecular flexibility index (Phi) is 7.00. The third-order valence-electron chi connectivity index (χ3n) is 7.06. The van der Waals surface area contributed by atoms with Crippen molar-refractivity contribution in [2.45, 2.75) is 55.0 Å². The summed E-state index contributed by atoms with van der Waals surface area (Å²) in [6.45, 7) is 6.49. The summed E-state index contributed by atoms with van der Waals surface area (Å²) in [4.78, 5) is 21.6. The average molecular weight is 516 g/mol. The Labute approximate surface area is 214 Å². The second-order valence-corrected chi connectivity index (χ2v) is 10.6. The van der Waals surface area contributed by atoms with Crippen LogP contribution in [0.1, 0.15) is 26.7 Å². The van der Waals surface area contributed by atoms with Gasteiger partial charge in [0.2, 0.25) is 0 Å². The van der Waals surface area contributed by atoms with Crippen LogP contribution in [0.5, 0.6) is 0 Å². The molecule has 2 fully saturated rings. The van der Waals surface area contributed by atoms with Crippen molar-refractivity contribution in [3.8, 4) is 0 Å². The van der Waals surface area contributed by atoms with E-state index in [1.54, 1.807) is 13.3 Å². The zero-order chi connectivity index (χ0) is 24.6. The number of nitrogens with two attached hydrogens (primary N) is 1. The molecular weight excluding hydrogens is 486 g/mol. The van der Waals surface area contributed by atoms with Crippen molar-refractivity contribution in [3.05, 3.63) is 35.6 Å². The smallest absolute Gasteiger partial charge is 0.179 e. The van der Waals surface area contributed by atoms with E-state index in [2.05, 4.69) is 27.1 Å². The minimum absolute atomic E-state index is 0.0824. The molecule has 2 aliphatic heterocycles. The lowest BCUT2D eigenvalue weighted by atomic mass is 9.73. The third-order valence-corrected chi connectivity index (χ3v) is 8.55. The first-order valence-electron chi connectivity index (χ1n) is 11.8. The molecule has 3 N–H and O–H groups in total. The maximum Gasteiger partial charge on any atom is 0.179 e. The largest absolute Gasteiger partial charge is 0.376 e. The molecule has 0 bridgehead atoms. The lowest BCUT2D eigenvalue weighted by Crippen LogP contribution is -2.50. The van der Waals surface area contributed by atoms with Crippen LogP contribution in [0, 0.1) is 5.41 Å². The van der Waals surface area contributed by atoms with Gasteiger partial charge < -0.3 is 25.4 Å². The van der Waals surface area contributed by atoms with Gasteiger partial charge in [-0.25, -0.2) is 19.9 Å². The van der Waals surface area contributed by atoms with Crippen LogP contribution in [0.25, 0.3) is 11.2 Å². The highest BCUT2D eigenvalue weighted by Gasteiger charge is 2.47. The molecule has 3 aromatic rings. The summed E-state index contributed by atoms with van der Waals surface area (Å²) in [5, 5.41) is 4.44. The van der Waals surface area contributed by atoms with Crippen LogP contribution in [-0.4, -0.2) is 65.1 Å². The molecule has 0 aliphatic carbocycles. The van der Waals surface area contributed by atoms with Crippen molar-refractivity contribution in [1.29, 1.82) is 0 Å². The lowest BCUT2D eigenvalue weighted by molar-refractivity contribution is 0.0974. The summed E-state index contributed by atoms with van der Waals surface area (Å²) in [5.41, 5.74) is 7.90. The molecule has 0 radical (unpaired) electrons. The van der Waals surface area contributed by atoms with E-state index < -0.39 is 0 Å².